The van der Waals surface area contributed by atoms with Gasteiger partial charge in [-0.1, -0.05) is 0 Å². The van der Waals surface area contributed by atoms with Crippen LogP contribution in [0.5, 0.6) is 11.5 Å². The Labute approximate surface area is 175 Å². The van der Waals surface area contributed by atoms with E-state index in [-0.39, 0.29) is 11.7 Å². The number of halogens is 3. The molecule has 0 aliphatic heterocycles. The maximum absolute atomic E-state index is 12.7. The van der Waals surface area contributed by atoms with Crippen LogP contribution in [0, 0.1) is 0 Å². The van der Waals surface area contributed by atoms with E-state index >= 15 is 0 Å². The molecule has 11 heteroatoms. The molecule has 2 aromatic heterocycles. The van der Waals surface area contributed by atoms with Crippen molar-refractivity contribution in [2.24, 2.45) is 15.3 Å². The molecular weight excluding hydrogens is 413 g/mol. The fraction of sp³-hybridized carbons (Fsp3) is 0.150. The van der Waals surface area contributed by atoms with Gasteiger partial charge in [0, 0.05) is 30.2 Å². The van der Waals surface area contributed by atoms with E-state index in [4.69, 9.17) is 9.47 Å². The van der Waals surface area contributed by atoms with E-state index in [0.717, 1.165) is 12.1 Å². The van der Waals surface area contributed by atoms with Crippen molar-refractivity contribution in [1.29, 1.82) is 0 Å². The van der Waals surface area contributed by atoms with E-state index in [0.29, 0.717) is 28.9 Å². The number of hydrazone groups is 1. The summed E-state index contributed by atoms with van der Waals surface area (Å²) in [6.07, 6.45) is -0.698. The molecule has 0 amide bonds. The van der Waals surface area contributed by atoms with E-state index in [1.54, 1.807) is 36.5 Å². The molecule has 0 spiro atoms. The summed E-state index contributed by atoms with van der Waals surface area (Å²) in [4.78, 5) is 7.69. The molecule has 0 saturated carbocycles. The lowest BCUT2D eigenvalue weighted by molar-refractivity contribution is -0.137. The van der Waals surface area contributed by atoms with Gasteiger partial charge < -0.3 is 9.47 Å². The molecule has 0 radical (unpaired) electrons. The topological polar surface area (TPSA) is 93.3 Å². The number of pyridine rings is 2. The Hall–Kier alpha value is -4.02. The molecule has 1 aromatic carbocycles. The number of rotatable bonds is 6. The van der Waals surface area contributed by atoms with Gasteiger partial charge in [-0.05, 0) is 36.4 Å². The Morgan fingerprint density at radius 3 is 2.48 bits per heavy atom. The second kappa shape index (κ2) is 9.65. The molecule has 160 valence electrons. The highest BCUT2D eigenvalue weighted by Crippen LogP contribution is 2.30. The van der Waals surface area contributed by atoms with Crippen molar-refractivity contribution in [2.45, 2.75) is 6.18 Å². The Balaban J connectivity index is 1.90. The smallest absolute Gasteiger partial charge is 0.417 e. The molecule has 0 aliphatic rings. The van der Waals surface area contributed by atoms with E-state index in [2.05, 4.69) is 30.7 Å². The molecule has 3 rings (SSSR count). The number of benzene rings is 1. The van der Waals surface area contributed by atoms with Crippen LogP contribution in [-0.2, 0) is 6.18 Å². The van der Waals surface area contributed by atoms with Gasteiger partial charge in [0.25, 0.3) is 0 Å². The van der Waals surface area contributed by atoms with Crippen molar-refractivity contribution in [1.82, 2.24) is 9.97 Å². The summed E-state index contributed by atoms with van der Waals surface area (Å²) >= 11 is 0. The first-order chi connectivity index (χ1) is 14.9. The maximum Gasteiger partial charge on any atom is 0.417 e. The van der Waals surface area contributed by atoms with Gasteiger partial charge in [0.1, 0.15) is 17.2 Å². The van der Waals surface area contributed by atoms with Gasteiger partial charge in [0.2, 0.25) is 5.84 Å². The lowest BCUT2D eigenvalue weighted by atomic mass is 10.2. The van der Waals surface area contributed by atoms with E-state index in [9.17, 15) is 13.2 Å². The van der Waals surface area contributed by atoms with Crippen LogP contribution in [-0.4, -0.2) is 30.0 Å². The normalized spacial score (nSPS) is 12.1. The summed E-state index contributed by atoms with van der Waals surface area (Å²) in [5, 5.41) is 12.2. The molecule has 0 fully saturated rings. The van der Waals surface area contributed by atoms with Crippen LogP contribution in [0.15, 0.2) is 76.4 Å². The van der Waals surface area contributed by atoms with E-state index in [1.165, 1.54) is 20.4 Å². The predicted octanol–water partition coefficient (Wildman–Crippen LogP) is 5.07. The molecule has 1 N–H and O–H groups in total. The van der Waals surface area contributed by atoms with Gasteiger partial charge in [0.05, 0.1) is 19.8 Å². The number of nitrogens with zero attached hydrogens (tertiary/aromatic N) is 5. The van der Waals surface area contributed by atoms with Crippen LogP contribution in [0.25, 0.3) is 0 Å². The lowest BCUT2D eigenvalue weighted by Gasteiger charge is -2.10. The Morgan fingerprint density at radius 2 is 1.87 bits per heavy atom. The minimum absolute atomic E-state index is 0.0106. The molecule has 8 nitrogen and oxygen atoms in total. The Bertz CT molecular complexity index is 1070. The number of hydrogen-bond donors (Lipinski definition) is 1. The van der Waals surface area contributed by atoms with Crippen molar-refractivity contribution in [3.8, 4) is 11.5 Å². The summed E-state index contributed by atoms with van der Waals surface area (Å²) < 4.78 is 48.6. The first-order valence-electron chi connectivity index (χ1n) is 8.82. The number of anilines is 1. The highest BCUT2D eigenvalue weighted by molar-refractivity contribution is 5.99. The zero-order chi connectivity index (χ0) is 22.3. The monoisotopic (exact) mass is 430 g/mol. The highest BCUT2D eigenvalue weighted by atomic mass is 19.4. The highest BCUT2D eigenvalue weighted by Gasteiger charge is 2.30. The summed E-state index contributed by atoms with van der Waals surface area (Å²) in [5.74, 6) is 1.21. The number of aromatic nitrogens is 2. The van der Waals surface area contributed by atoms with Crippen LogP contribution in [0.2, 0.25) is 0 Å². The third-order valence-electron chi connectivity index (χ3n) is 3.93. The number of alkyl halides is 3. The van der Waals surface area contributed by atoms with Crippen LogP contribution in [0.3, 0.4) is 0 Å². The lowest BCUT2D eigenvalue weighted by Crippen LogP contribution is -2.04. The fourth-order valence-electron chi connectivity index (χ4n) is 2.37. The van der Waals surface area contributed by atoms with Crippen molar-refractivity contribution in [3.63, 3.8) is 0 Å². The van der Waals surface area contributed by atoms with Crippen molar-refractivity contribution in [2.75, 3.05) is 19.6 Å². The molecule has 0 aliphatic carbocycles. The average molecular weight is 430 g/mol. The molecule has 2 heterocycles. The molecule has 0 saturated heterocycles. The van der Waals surface area contributed by atoms with Crippen molar-refractivity contribution >= 4 is 17.3 Å². The largest absolute Gasteiger partial charge is 0.497 e. The minimum atomic E-state index is -4.48. The average Bonchev–Trinajstić information content (AvgIpc) is 2.79. The first kappa shape index (κ1) is 21.7. The number of amidine groups is 1. The molecule has 0 atom stereocenters. The van der Waals surface area contributed by atoms with Crippen LogP contribution in [0.1, 0.15) is 11.1 Å². The van der Waals surface area contributed by atoms with Crippen LogP contribution in [0.4, 0.5) is 24.7 Å². The van der Waals surface area contributed by atoms with Crippen LogP contribution < -0.4 is 14.9 Å². The van der Waals surface area contributed by atoms with Gasteiger partial charge in [-0.15, -0.1) is 10.2 Å². The second-order valence-electron chi connectivity index (χ2n) is 5.96. The summed E-state index contributed by atoms with van der Waals surface area (Å²) in [6.45, 7) is 0. The molecule has 31 heavy (non-hydrogen) atoms. The summed E-state index contributed by atoms with van der Waals surface area (Å²) in [7, 11) is 3.04. The molecule has 0 unspecified atom stereocenters. The minimum Gasteiger partial charge on any atom is -0.497 e. The van der Waals surface area contributed by atoms with E-state index in [1.807, 2.05) is 0 Å². The van der Waals surface area contributed by atoms with E-state index < -0.39 is 11.7 Å². The molecule has 3 aromatic rings. The van der Waals surface area contributed by atoms with Gasteiger partial charge in [-0.25, -0.2) is 4.98 Å². The summed E-state index contributed by atoms with van der Waals surface area (Å²) in [5.41, 5.74) is 2.99. The van der Waals surface area contributed by atoms with Crippen molar-refractivity contribution < 1.29 is 22.6 Å². The molecule has 0 bridgehead atoms. The number of hydrogen-bond acceptors (Lipinski definition) is 7. The van der Waals surface area contributed by atoms with Gasteiger partial charge >= 0.3 is 6.18 Å². The zero-order valence-electron chi connectivity index (χ0n) is 16.5. The number of nitrogens with one attached hydrogen (secondary N) is 1. The summed E-state index contributed by atoms with van der Waals surface area (Å²) in [6, 6.07) is 10.5. The predicted molar refractivity (Wildman–Crippen MR) is 108 cm³/mol. The number of methoxy groups -OCH3 is 2. The zero-order valence-corrected chi connectivity index (χ0v) is 16.5. The fourth-order valence-corrected chi connectivity index (χ4v) is 2.37. The van der Waals surface area contributed by atoms with Gasteiger partial charge in [0.15, 0.2) is 5.82 Å². The van der Waals surface area contributed by atoms with Gasteiger partial charge in [-0.2, -0.15) is 18.3 Å². The number of azo groups is 1. The quantitative estimate of drug-likeness (QED) is 0.255. The van der Waals surface area contributed by atoms with Gasteiger partial charge in [-0.3, -0.25) is 10.4 Å². The maximum atomic E-state index is 12.7. The second-order valence-corrected chi connectivity index (χ2v) is 5.96. The number of ether oxygens (including phenoxy) is 2. The van der Waals surface area contributed by atoms with Crippen molar-refractivity contribution in [3.05, 3.63) is 72.2 Å². The SMILES string of the molecule is COc1ccc(OC)c(NN=C(N=Nc2ccc(C(F)(F)F)cn2)c2cccnc2)c1. The van der Waals surface area contributed by atoms with Crippen LogP contribution >= 0.6 is 0 Å². The Kier molecular flexibility index (Phi) is 6.75. The molecular formula is C20H17F3N6O2. The first-order valence-corrected chi connectivity index (χ1v) is 8.82. The Morgan fingerprint density at radius 1 is 1.03 bits per heavy atom. The standard InChI is InChI=1S/C20H17F3N6O2/c1-30-15-6-7-17(31-2)16(10-15)26-28-19(13-4-3-9-24-11-13)29-27-18-8-5-14(12-25-18)20(21,22)23/h3-12,26H,1-2H3. The third-order valence-corrected chi connectivity index (χ3v) is 3.93. The third kappa shape index (κ3) is 5.75.